The van der Waals surface area contributed by atoms with E-state index in [2.05, 4.69) is 10.6 Å². The molecule has 18 heavy (non-hydrogen) atoms. The number of nitrogens with one attached hydrogen (secondary N) is 2. The summed E-state index contributed by atoms with van der Waals surface area (Å²) in [5.41, 5.74) is 0. The van der Waals surface area contributed by atoms with Crippen LogP contribution in [0.2, 0.25) is 0 Å². The summed E-state index contributed by atoms with van der Waals surface area (Å²) in [6.45, 7) is 6.56. The van der Waals surface area contributed by atoms with Crippen molar-refractivity contribution in [1.29, 1.82) is 0 Å². The average molecular weight is 256 g/mol. The molecule has 1 fully saturated rings. The second kappa shape index (κ2) is 6.95. The van der Waals surface area contributed by atoms with Gasteiger partial charge < -0.3 is 10.2 Å². The molecule has 0 aromatic heterocycles. The van der Waals surface area contributed by atoms with Crippen LogP contribution in [0.5, 0.6) is 0 Å². The van der Waals surface area contributed by atoms with E-state index in [1.807, 2.05) is 4.90 Å². The van der Waals surface area contributed by atoms with Gasteiger partial charge in [0.2, 0.25) is 11.8 Å². The molecule has 0 aromatic carbocycles. The average Bonchev–Trinajstić information content (AvgIpc) is 2.29. The third kappa shape index (κ3) is 4.70. The highest BCUT2D eigenvalue weighted by Gasteiger charge is 2.20. The van der Waals surface area contributed by atoms with Crippen LogP contribution in [-0.2, 0) is 9.59 Å². The molecule has 102 valence electrons. The second-order valence-corrected chi connectivity index (χ2v) is 4.19. The Labute approximate surface area is 106 Å². The third-order valence-corrected chi connectivity index (χ3v) is 2.78. The Morgan fingerprint density at radius 2 is 1.72 bits per heavy atom. The number of urea groups is 1. The van der Waals surface area contributed by atoms with Gasteiger partial charge in [0.1, 0.15) is 0 Å². The van der Waals surface area contributed by atoms with Crippen LogP contribution < -0.4 is 10.6 Å². The fraction of sp³-hybridized carbons (Fsp3) is 0.727. The van der Waals surface area contributed by atoms with Crippen molar-refractivity contribution >= 4 is 17.8 Å². The largest absolute Gasteiger partial charge is 0.340 e. The summed E-state index contributed by atoms with van der Waals surface area (Å²) in [5.74, 6) is -0.265. The fourth-order valence-corrected chi connectivity index (χ4v) is 1.79. The van der Waals surface area contributed by atoms with Crippen LogP contribution in [0, 0.1) is 0 Å². The molecule has 7 heteroatoms. The maximum atomic E-state index is 11.5. The summed E-state index contributed by atoms with van der Waals surface area (Å²) in [6.07, 6.45) is 0. The molecule has 0 saturated carbocycles. The number of carbonyl (C=O) groups excluding carboxylic acids is 3. The van der Waals surface area contributed by atoms with Crippen molar-refractivity contribution in [3.63, 3.8) is 0 Å². The first-order valence-electron chi connectivity index (χ1n) is 6.08. The summed E-state index contributed by atoms with van der Waals surface area (Å²) < 4.78 is 0. The number of hydrogen-bond acceptors (Lipinski definition) is 4. The zero-order valence-electron chi connectivity index (χ0n) is 10.9. The van der Waals surface area contributed by atoms with Gasteiger partial charge in [-0.1, -0.05) is 0 Å². The van der Waals surface area contributed by atoms with Crippen molar-refractivity contribution in [2.24, 2.45) is 0 Å². The summed E-state index contributed by atoms with van der Waals surface area (Å²) in [4.78, 5) is 37.4. The molecular formula is C11H20N4O3. The molecule has 7 nitrogen and oxygen atoms in total. The molecule has 1 aliphatic rings. The fourth-order valence-electron chi connectivity index (χ4n) is 1.79. The normalized spacial score (nSPS) is 16.2. The Balaban J connectivity index is 2.26. The van der Waals surface area contributed by atoms with Gasteiger partial charge in [0.15, 0.2) is 0 Å². The quantitative estimate of drug-likeness (QED) is 0.678. The highest BCUT2D eigenvalue weighted by Crippen LogP contribution is 2.01. The highest BCUT2D eigenvalue weighted by atomic mass is 16.2. The number of carbonyl (C=O) groups is 3. The van der Waals surface area contributed by atoms with Gasteiger partial charge in [-0.2, -0.15) is 0 Å². The molecule has 0 bridgehead atoms. The lowest BCUT2D eigenvalue weighted by molar-refractivity contribution is -0.130. The van der Waals surface area contributed by atoms with Gasteiger partial charge in [-0.15, -0.1) is 0 Å². The van der Waals surface area contributed by atoms with E-state index in [0.29, 0.717) is 32.7 Å². The predicted molar refractivity (Wildman–Crippen MR) is 65.9 cm³/mol. The summed E-state index contributed by atoms with van der Waals surface area (Å²) >= 11 is 0. The van der Waals surface area contributed by atoms with Gasteiger partial charge >= 0.3 is 6.03 Å². The molecule has 0 radical (unpaired) electrons. The summed E-state index contributed by atoms with van der Waals surface area (Å²) in [5, 5.41) is 4.74. The van der Waals surface area contributed by atoms with Crippen molar-refractivity contribution in [1.82, 2.24) is 20.4 Å². The number of piperazine rings is 1. The van der Waals surface area contributed by atoms with Gasteiger partial charge in [0, 0.05) is 39.6 Å². The minimum Gasteiger partial charge on any atom is -0.340 e. The Morgan fingerprint density at radius 1 is 1.11 bits per heavy atom. The maximum absolute atomic E-state index is 11.5. The molecule has 4 amide bonds. The van der Waals surface area contributed by atoms with Crippen molar-refractivity contribution in [3.8, 4) is 0 Å². The van der Waals surface area contributed by atoms with E-state index in [0.717, 1.165) is 0 Å². The molecule has 0 aromatic rings. The molecule has 1 rings (SSSR count). The van der Waals surface area contributed by atoms with Crippen molar-refractivity contribution in [2.45, 2.75) is 13.8 Å². The Kier molecular flexibility index (Phi) is 5.57. The highest BCUT2D eigenvalue weighted by molar-refractivity contribution is 5.95. The van der Waals surface area contributed by atoms with Crippen LogP contribution in [0.4, 0.5) is 4.79 Å². The van der Waals surface area contributed by atoms with E-state index in [1.54, 1.807) is 11.8 Å². The molecule has 0 spiro atoms. The van der Waals surface area contributed by atoms with Gasteiger partial charge in [-0.3, -0.25) is 19.8 Å². The predicted octanol–water partition coefficient (Wildman–Crippen LogP) is -1.00. The van der Waals surface area contributed by atoms with E-state index in [9.17, 15) is 14.4 Å². The topological polar surface area (TPSA) is 81.8 Å². The van der Waals surface area contributed by atoms with Crippen molar-refractivity contribution in [2.75, 3.05) is 39.3 Å². The van der Waals surface area contributed by atoms with E-state index in [4.69, 9.17) is 0 Å². The number of imide groups is 1. The minimum atomic E-state index is -0.468. The monoisotopic (exact) mass is 256 g/mol. The SMILES string of the molecule is CCNC(=O)NC(=O)CN1CCN(C(C)=O)CC1. The maximum Gasteiger partial charge on any atom is 0.321 e. The van der Waals surface area contributed by atoms with Crippen molar-refractivity contribution < 1.29 is 14.4 Å². The Morgan fingerprint density at radius 3 is 2.22 bits per heavy atom. The van der Waals surface area contributed by atoms with E-state index in [-0.39, 0.29) is 18.4 Å². The first-order valence-corrected chi connectivity index (χ1v) is 6.08. The molecular weight excluding hydrogens is 236 g/mol. The van der Waals surface area contributed by atoms with Crippen LogP contribution in [0.1, 0.15) is 13.8 Å². The lowest BCUT2D eigenvalue weighted by atomic mass is 10.3. The Hall–Kier alpha value is -1.63. The molecule has 1 heterocycles. The van der Waals surface area contributed by atoms with E-state index in [1.165, 1.54) is 6.92 Å². The van der Waals surface area contributed by atoms with Crippen LogP contribution >= 0.6 is 0 Å². The standard InChI is InChI=1S/C11H20N4O3/c1-3-12-11(18)13-10(17)8-14-4-6-15(7-5-14)9(2)16/h3-8H2,1-2H3,(H2,12,13,17,18). The summed E-state index contributed by atoms with van der Waals surface area (Å²) in [7, 11) is 0. The molecule has 2 N–H and O–H groups in total. The summed E-state index contributed by atoms with van der Waals surface area (Å²) in [6, 6.07) is -0.468. The number of hydrogen-bond donors (Lipinski definition) is 2. The number of nitrogens with zero attached hydrogens (tertiary/aromatic N) is 2. The molecule has 1 aliphatic heterocycles. The minimum absolute atomic E-state index is 0.0569. The molecule has 0 aliphatic carbocycles. The van der Waals surface area contributed by atoms with Gasteiger partial charge in [-0.05, 0) is 6.92 Å². The lowest BCUT2D eigenvalue weighted by Gasteiger charge is -2.33. The zero-order valence-corrected chi connectivity index (χ0v) is 10.9. The molecule has 0 atom stereocenters. The molecule has 0 unspecified atom stereocenters. The third-order valence-electron chi connectivity index (χ3n) is 2.78. The smallest absolute Gasteiger partial charge is 0.321 e. The first kappa shape index (κ1) is 14.4. The lowest BCUT2D eigenvalue weighted by Crippen LogP contribution is -2.51. The van der Waals surface area contributed by atoms with Crippen LogP contribution in [0.25, 0.3) is 0 Å². The van der Waals surface area contributed by atoms with E-state index < -0.39 is 6.03 Å². The van der Waals surface area contributed by atoms with Gasteiger partial charge in [0.05, 0.1) is 6.54 Å². The second-order valence-electron chi connectivity index (χ2n) is 4.19. The zero-order chi connectivity index (χ0) is 13.5. The van der Waals surface area contributed by atoms with Crippen LogP contribution in [-0.4, -0.2) is 66.9 Å². The van der Waals surface area contributed by atoms with Crippen LogP contribution in [0.15, 0.2) is 0 Å². The number of amides is 4. The molecule has 1 saturated heterocycles. The Bertz CT molecular complexity index is 324. The van der Waals surface area contributed by atoms with Gasteiger partial charge in [0.25, 0.3) is 0 Å². The first-order chi connectivity index (χ1) is 8.52. The van der Waals surface area contributed by atoms with Crippen molar-refractivity contribution in [3.05, 3.63) is 0 Å². The van der Waals surface area contributed by atoms with Crippen LogP contribution in [0.3, 0.4) is 0 Å². The van der Waals surface area contributed by atoms with Gasteiger partial charge in [-0.25, -0.2) is 4.79 Å². The number of rotatable bonds is 3. The van der Waals surface area contributed by atoms with E-state index >= 15 is 0 Å².